The van der Waals surface area contributed by atoms with Crippen LogP contribution in [0.4, 0.5) is 4.39 Å². The minimum atomic E-state index is -2.67. The van der Waals surface area contributed by atoms with Crippen molar-refractivity contribution in [2.75, 3.05) is 0 Å². The monoisotopic (exact) mass is 350 g/mol. The van der Waals surface area contributed by atoms with Crippen molar-refractivity contribution in [3.63, 3.8) is 0 Å². The second kappa shape index (κ2) is 5.67. The summed E-state index contributed by atoms with van der Waals surface area (Å²) in [5, 5.41) is 10.0. The standard InChI is InChI=1S/C22H18FN2O/c1-12-8-14(3)25(4)18(9-12)19-13(2)10-17(23)20-16-7-5-6-15(11-24)21(16)26-22(19)20/h5-10H,1-4H3/q+1/i1D3,8D,9D. The Labute approximate surface area is 157 Å². The van der Waals surface area contributed by atoms with Crippen LogP contribution in [-0.4, -0.2) is 0 Å². The quantitative estimate of drug-likeness (QED) is 0.453. The van der Waals surface area contributed by atoms with Crippen LogP contribution in [0.3, 0.4) is 0 Å². The van der Waals surface area contributed by atoms with Crippen LogP contribution in [0.25, 0.3) is 33.2 Å². The Bertz CT molecular complexity index is 1450. The van der Waals surface area contributed by atoms with Crippen molar-refractivity contribution in [2.45, 2.75) is 20.7 Å². The van der Waals surface area contributed by atoms with Gasteiger partial charge in [0.05, 0.1) is 19.3 Å². The summed E-state index contributed by atoms with van der Waals surface area (Å²) in [4.78, 5) is 0. The predicted molar refractivity (Wildman–Crippen MR) is 99.2 cm³/mol. The van der Waals surface area contributed by atoms with Gasteiger partial charge in [-0.1, -0.05) is 12.1 Å². The number of hydrogen-bond acceptors (Lipinski definition) is 2. The van der Waals surface area contributed by atoms with Gasteiger partial charge in [0.25, 0.3) is 0 Å². The zero-order valence-electron chi connectivity index (χ0n) is 19.5. The molecule has 2 aromatic heterocycles. The molecule has 0 unspecified atom stereocenters. The fourth-order valence-electron chi connectivity index (χ4n) is 3.32. The third-order valence-corrected chi connectivity index (χ3v) is 4.66. The van der Waals surface area contributed by atoms with E-state index in [4.69, 9.17) is 11.3 Å². The van der Waals surface area contributed by atoms with E-state index in [-0.39, 0.29) is 45.5 Å². The lowest BCUT2D eigenvalue weighted by molar-refractivity contribution is -0.666. The second-order valence-electron chi connectivity index (χ2n) is 6.27. The zero-order valence-corrected chi connectivity index (χ0v) is 14.5. The maximum atomic E-state index is 15.0. The van der Waals surface area contributed by atoms with Gasteiger partial charge in [-0.25, -0.2) is 4.39 Å². The average Bonchev–Trinajstić information content (AvgIpc) is 3.07. The lowest BCUT2D eigenvalue weighted by Crippen LogP contribution is -2.35. The SMILES string of the molecule is [2H]c1c(C([2H])([2H])[2H])c([2H])c(-c2c(C)cc(F)c3c2oc2c(C#N)cccc23)[n+](C)c1C. The van der Waals surface area contributed by atoms with Gasteiger partial charge in [0.15, 0.2) is 16.9 Å². The number of aryl methyl sites for hydroxylation is 1. The summed E-state index contributed by atoms with van der Waals surface area (Å²) in [5.41, 5.74) is 1.59. The number of hydrogen-bond donors (Lipinski definition) is 0. The number of furan rings is 1. The number of benzene rings is 2. The summed E-state index contributed by atoms with van der Waals surface area (Å²) >= 11 is 0. The topological polar surface area (TPSA) is 40.8 Å². The molecule has 0 N–H and O–H groups in total. The molecule has 0 amide bonds. The van der Waals surface area contributed by atoms with Gasteiger partial charge >= 0.3 is 0 Å². The Morgan fingerprint density at radius 2 is 2.08 bits per heavy atom. The lowest BCUT2D eigenvalue weighted by atomic mass is 9.98. The molecule has 4 heteroatoms. The number of para-hydroxylation sites is 1. The molecule has 2 aromatic carbocycles. The Morgan fingerprint density at radius 3 is 2.81 bits per heavy atom. The number of nitrogens with zero attached hydrogens (tertiary/aromatic N) is 2. The Balaban J connectivity index is 2.26. The van der Waals surface area contributed by atoms with Crippen LogP contribution < -0.4 is 4.57 Å². The van der Waals surface area contributed by atoms with Crippen molar-refractivity contribution in [1.29, 1.82) is 5.26 Å². The van der Waals surface area contributed by atoms with E-state index in [2.05, 4.69) is 0 Å². The van der Waals surface area contributed by atoms with E-state index >= 15 is 4.39 Å². The summed E-state index contributed by atoms with van der Waals surface area (Å²) in [6.07, 6.45) is 0. The third-order valence-electron chi connectivity index (χ3n) is 4.66. The number of aromatic nitrogens is 1. The molecule has 0 fully saturated rings. The molecule has 0 aliphatic rings. The van der Waals surface area contributed by atoms with Gasteiger partial charge in [0, 0.05) is 28.5 Å². The van der Waals surface area contributed by atoms with Crippen molar-refractivity contribution in [1.82, 2.24) is 0 Å². The Hall–Kier alpha value is -3.19. The van der Waals surface area contributed by atoms with E-state index in [1.807, 2.05) is 6.07 Å². The van der Waals surface area contributed by atoms with E-state index in [1.165, 1.54) is 6.07 Å². The van der Waals surface area contributed by atoms with Crippen molar-refractivity contribution >= 4 is 21.9 Å². The Morgan fingerprint density at radius 1 is 1.27 bits per heavy atom. The summed E-state index contributed by atoms with van der Waals surface area (Å²) in [5.74, 6) is -0.538. The van der Waals surface area contributed by atoms with Crippen LogP contribution in [0.5, 0.6) is 0 Å². The van der Waals surface area contributed by atoms with Gasteiger partial charge in [-0.3, -0.25) is 0 Å². The lowest BCUT2D eigenvalue weighted by Gasteiger charge is -2.08. The highest BCUT2D eigenvalue weighted by Gasteiger charge is 2.25. The van der Waals surface area contributed by atoms with E-state index in [9.17, 15) is 5.26 Å². The van der Waals surface area contributed by atoms with Crippen LogP contribution in [-0.2, 0) is 7.05 Å². The molecule has 0 bridgehead atoms. The molecule has 3 nitrogen and oxygen atoms in total. The third kappa shape index (κ3) is 2.21. The van der Waals surface area contributed by atoms with Gasteiger partial charge in [-0.15, -0.1) is 0 Å². The first-order valence-electron chi connectivity index (χ1n) is 10.5. The summed E-state index contributed by atoms with van der Waals surface area (Å²) in [6.45, 7) is 0.578. The number of pyridine rings is 1. The van der Waals surface area contributed by atoms with Gasteiger partial charge in [-0.2, -0.15) is 9.83 Å². The molecule has 4 rings (SSSR count). The molecule has 0 atom stereocenters. The van der Waals surface area contributed by atoms with E-state index in [0.29, 0.717) is 22.2 Å². The number of halogens is 1. The molecule has 0 aliphatic carbocycles. The van der Waals surface area contributed by atoms with Gasteiger partial charge in [0.2, 0.25) is 5.69 Å². The molecule has 0 aliphatic heterocycles. The molecule has 0 spiro atoms. The highest BCUT2D eigenvalue weighted by Crippen LogP contribution is 2.39. The number of rotatable bonds is 1. The molecule has 128 valence electrons. The number of nitriles is 1. The maximum Gasteiger partial charge on any atom is 0.216 e. The average molecular weight is 350 g/mol. The fraction of sp³-hybridized carbons (Fsp3) is 0.182. The normalized spacial score (nSPS) is 14.5. The summed E-state index contributed by atoms with van der Waals surface area (Å²) in [7, 11) is 1.63. The molecule has 2 heterocycles. The van der Waals surface area contributed by atoms with Crippen LogP contribution >= 0.6 is 0 Å². The van der Waals surface area contributed by atoms with Crippen LogP contribution in [0.1, 0.15) is 29.2 Å². The van der Waals surface area contributed by atoms with Crippen molar-refractivity contribution < 1.29 is 20.2 Å². The smallest absolute Gasteiger partial charge is 0.216 e. The molecule has 0 saturated carbocycles. The predicted octanol–water partition coefficient (Wildman–Crippen LogP) is 5.01. The molecule has 0 radical (unpaired) electrons. The minimum absolute atomic E-state index is 0.132. The highest BCUT2D eigenvalue weighted by molar-refractivity contribution is 6.11. The van der Waals surface area contributed by atoms with Gasteiger partial charge in [0.1, 0.15) is 18.9 Å². The van der Waals surface area contributed by atoms with E-state index < -0.39 is 12.7 Å². The second-order valence-corrected chi connectivity index (χ2v) is 6.27. The van der Waals surface area contributed by atoms with Crippen LogP contribution in [0.2, 0.25) is 0 Å². The molecule has 0 saturated heterocycles. The Kier molecular flexibility index (Phi) is 2.49. The maximum absolute atomic E-state index is 15.0. The van der Waals surface area contributed by atoms with Crippen molar-refractivity contribution in [2.24, 2.45) is 7.05 Å². The van der Waals surface area contributed by atoms with Crippen LogP contribution in [0.15, 0.2) is 40.8 Å². The summed E-state index contributed by atoms with van der Waals surface area (Å²) in [6, 6.07) is 7.63. The van der Waals surface area contributed by atoms with Gasteiger partial charge in [-0.05, 0) is 37.0 Å². The first-order valence-corrected chi connectivity index (χ1v) is 8.04. The van der Waals surface area contributed by atoms with E-state index in [0.717, 1.165) is 0 Å². The van der Waals surface area contributed by atoms with Crippen molar-refractivity contribution in [3.8, 4) is 17.3 Å². The first-order chi connectivity index (χ1) is 14.5. The fourth-order valence-corrected chi connectivity index (χ4v) is 3.32. The number of fused-ring (bicyclic) bond motifs is 3. The minimum Gasteiger partial charge on any atom is -0.454 e. The van der Waals surface area contributed by atoms with Gasteiger partial charge < -0.3 is 4.42 Å². The molecular weight excluding hydrogens is 327 g/mol. The van der Waals surface area contributed by atoms with E-state index in [1.54, 1.807) is 43.7 Å². The summed E-state index contributed by atoms with van der Waals surface area (Å²) < 4.78 is 63.0. The molecule has 26 heavy (non-hydrogen) atoms. The largest absolute Gasteiger partial charge is 0.454 e. The first kappa shape index (κ1) is 11.4. The molecule has 4 aromatic rings. The molecular formula is C22H18FN2O+. The highest BCUT2D eigenvalue weighted by atomic mass is 19.1. The van der Waals surface area contributed by atoms with Crippen LogP contribution in [0, 0.1) is 37.8 Å². The zero-order chi connectivity index (χ0) is 22.8. The van der Waals surface area contributed by atoms with Crippen molar-refractivity contribution in [3.05, 3.63) is 64.6 Å².